The van der Waals surface area contributed by atoms with E-state index in [1.54, 1.807) is 23.2 Å². The lowest BCUT2D eigenvalue weighted by Gasteiger charge is -2.27. The van der Waals surface area contributed by atoms with Gasteiger partial charge in [0.25, 0.3) is 0 Å². The molecule has 1 saturated heterocycles. The van der Waals surface area contributed by atoms with E-state index in [-0.39, 0.29) is 18.2 Å². The highest BCUT2D eigenvalue weighted by atomic mass is 19.1. The molecule has 1 fully saturated rings. The molecule has 17 heavy (non-hydrogen) atoms. The van der Waals surface area contributed by atoms with Crippen LogP contribution in [0.15, 0.2) is 24.3 Å². The fourth-order valence-corrected chi connectivity index (χ4v) is 1.96. The minimum absolute atomic E-state index is 0.0653. The molecule has 2 rings (SSSR count). The van der Waals surface area contributed by atoms with Gasteiger partial charge in [-0.3, -0.25) is 4.79 Å². The molecule has 0 saturated carbocycles. The molecule has 1 aromatic rings. The highest BCUT2D eigenvalue weighted by Gasteiger charge is 2.31. The topological polar surface area (TPSA) is 43.8 Å². The van der Waals surface area contributed by atoms with Gasteiger partial charge < -0.3 is 5.11 Å². The third-order valence-electron chi connectivity index (χ3n) is 2.76. The predicted molar refractivity (Wildman–Crippen MR) is 61.8 cm³/mol. The van der Waals surface area contributed by atoms with Crippen molar-refractivity contribution in [3.05, 3.63) is 30.1 Å². The van der Waals surface area contributed by atoms with Crippen molar-refractivity contribution < 1.29 is 14.3 Å². The number of aliphatic hydroxyl groups excluding tert-OH is 1. The standard InChI is InChI=1S/C12H15FN2O2/c13-10-4-1-2-5-11(10)15-12(17)6-8-14(15)7-3-9-16/h1-2,4-5,16H,3,6-9H2. The minimum atomic E-state index is -0.406. The second-order valence-corrected chi connectivity index (χ2v) is 3.94. The van der Waals surface area contributed by atoms with E-state index in [0.717, 1.165) is 0 Å². The lowest BCUT2D eigenvalue weighted by Crippen LogP contribution is -2.40. The Balaban J connectivity index is 2.22. The molecule has 0 spiro atoms. The molecule has 0 bridgehead atoms. The number of para-hydroxylation sites is 1. The largest absolute Gasteiger partial charge is 0.396 e. The van der Waals surface area contributed by atoms with Gasteiger partial charge in [-0.15, -0.1) is 0 Å². The fourth-order valence-electron chi connectivity index (χ4n) is 1.96. The molecule has 0 radical (unpaired) electrons. The van der Waals surface area contributed by atoms with Gasteiger partial charge in [-0.2, -0.15) is 0 Å². The minimum Gasteiger partial charge on any atom is -0.396 e. The van der Waals surface area contributed by atoms with E-state index < -0.39 is 5.82 Å². The van der Waals surface area contributed by atoms with E-state index in [1.165, 1.54) is 11.1 Å². The molecule has 0 atom stereocenters. The number of amides is 1. The number of hydrogen-bond donors (Lipinski definition) is 1. The average Bonchev–Trinajstić information content (AvgIpc) is 2.69. The van der Waals surface area contributed by atoms with E-state index in [9.17, 15) is 9.18 Å². The second kappa shape index (κ2) is 5.25. The molecule has 1 N–H and O–H groups in total. The maximum absolute atomic E-state index is 13.6. The highest BCUT2D eigenvalue weighted by molar-refractivity contribution is 5.94. The van der Waals surface area contributed by atoms with Crippen molar-refractivity contribution in [2.24, 2.45) is 0 Å². The predicted octanol–water partition coefficient (Wildman–Crippen LogP) is 1.16. The van der Waals surface area contributed by atoms with Crippen LogP contribution in [0.2, 0.25) is 0 Å². The van der Waals surface area contributed by atoms with E-state index in [1.807, 2.05) is 0 Å². The third kappa shape index (κ3) is 2.45. The van der Waals surface area contributed by atoms with Gasteiger partial charge >= 0.3 is 0 Å². The molecular weight excluding hydrogens is 223 g/mol. The summed E-state index contributed by atoms with van der Waals surface area (Å²) < 4.78 is 13.6. The number of aliphatic hydroxyl groups is 1. The zero-order valence-electron chi connectivity index (χ0n) is 9.47. The number of halogens is 1. The molecule has 1 aromatic carbocycles. The first-order chi connectivity index (χ1) is 8.24. The number of anilines is 1. The smallest absolute Gasteiger partial charge is 0.243 e. The zero-order valence-corrected chi connectivity index (χ0v) is 9.47. The first kappa shape index (κ1) is 12.0. The van der Waals surface area contributed by atoms with Gasteiger partial charge in [-0.25, -0.2) is 14.4 Å². The van der Waals surface area contributed by atoms with E-state index in [4.69, 9.17) is 5.11 Å². The summed E-state index contributed by atoms with van der Waals surface area (Å²) in [7, 11) is 0. The Hall–Kier alpha value is -1.46. The van der Waals surface area contributed by atoms with Gasteiger partial charge in [-0.1, -0.05) is 12.1 Å². The van der Waals surface area contributed by atoms with Crippen LogP contribution in [0.3, 0.4) is 0 Å². The lowest BCUT2D eigenvalue weighted by atomic mass is 10.3. The molecule has 1 aliphatic rings. The molecule has 1 aliphatic heterocycles. The number of carbonyl (C=O) groups is 1. The number of carbonyl (C=O) groups excluding carboxylic acids is 1. The molecule has 92 valence electrons. The Morgan fingerprint density at radius 2 is 2.12 bits per heavy atom. The van der Waals surface area contributed by atoms with Crippen molar-refractivity contribution in [2.45, 2.75) is 12.8 Å². The maximum atomic E-state index is 13.6. The van der Waals surface area contributed by atoms with Crippen molar-refractivity contribution in [2.75, 3.05) is 24.7 Å². The molecule has 0 aromatic heterocycles. The van der Waals surface area contributed by atoms with E-state index >= 15 is 0 Å². The van der Waals surface area contributed by atoms with Crippen LogP contribution in [0.5, 0.6) is 0 Å². The van der Waals surface area contributed by atoms with E-state index in [0.29, 0.717) is 25.9 Å². The summed E-state index contributed by atoms with van der Waals surface area (Å²) >= 11 is 0. The summed E-state index contributed by atoms with van der Waals surface area (Å²) in [5.41, 5.74) is 0.285. The second-order valence-electron chi connectivity index (χ2n) is 3.94. The van der Waals surface area contributed by atoms with Crippen LogP contribution in [0, 0.1) is 5.82 Å². The van der Waals surface area contributed by atoms with Gasteiger partial charge in [0, 0.05) is 26.1 Å². The van der Waals surface area contributed by atoms with Crippen LogP contribution in [-0.2, 0) is 4.79 Å². The number of hydrazine groups is 1. The van der Waals surface area contributed by atoms with Gasteiger partial charge in [0.15, 0.2) is 0 Å². The quantitative estimate of drug-likeness (QED) is 0.856. The van der Waals surface area contributed by atoms with Crippen LogP contribution < -0.4 is 5.01 Å². The molecule has 5 heteroatoms. The Morgan fingerprint density at radius 1 is 1.35 bits per heavy atom. The lowest BCUT2D eigenvalue weighted by molar-refractivity contribution is -0.118. The van der Waals surface area contributed by atoms with Gasteiger partial charge in [-0.05, 0) is 18.6 Å². The van der Waals surface area contributed by atoms with Gasteiger partial charge in [0.05, 0.1) is 5.69 Å². The number of benzene rings is 1. The first-order valence-electron chi connectivity index (χ1n) is 5.67. The van der Waals surface area contributed by atoms with Crippen molar-refractivity contribution >= 4 is 11.6 Å². The molecule has 0 aliphatic carbocycles. The SMILES string of the molecule is O=C1CCN(CCCO)N1c1ccccc1F. The van der Waals surface area contributed by atoms with Crippen molar-refractivity contribution in [3.8, 4) is 0 Å². The summed E-state index contributed by atoms with van der Waals surface area (Å²) in [6.45, 7) is 1.19. The van der Waals surface area contributed by atoms with Crippen molar-refractivity contribution in [3.63, 3.8) is 0 Å². The van der Waals surface area contributed by atoms with Crippen LogP contribution >= 0.6 is 0 Å². The summed E-state index contributed by atoms with van der Waals surface area (Å²) in [5, 5.41) is 12.0. The Kier molecular flexibility index (Phi) is 3.71. The maximum Gasteiger partial charge on any atom is 0.243 e. The van der Waals surface area contributed by atoms with Gasteiger partial charge in [0.2, 0.25) is 5.91 Å². The zero-order chi connectivity index (χ0) is 12.3. The average molecular weight is 238 g/mol. The number of rotatable bonds is 4. The summed E-state index contributed by atoms with van der Waals surface area (Å²) in [6.07, 6.45) is 0.956. The van der Waals surface area contributed by atoms with Crippen LogP contribution in [0.25, 0.3) is 0 Å². The third-order valence-corrected chi connectivity index (χ3v) is 2.76. The molecule has 4 nitrogen and oxygen atoms in total. The van der Waals surface area contributed by atoms with Crippen LogP contribution in [0.4, 0.5) is 10.1 Å². The van der Waals surface area contributed by atoms with E-state index in [2.05, 4.69) is 0 Å². The first-order valence-corrected chi connectivity index (χ1v) is 5.67. The molecule has 1 heterocycles. The van der Waals surface area contributed by atoms with Crippen molar-refractivity contribution in [1.82, 2.24) is 5.01 Å². The Bertz CT molecular complexity index is 411. The van der Waals surface area contributed by atoms with Crippen LogP contribution in [-0.4, -0.2) is 35.7 Å². The Morgan fingerprint density at radius 3 is 2.82 bits per heavy atom. The molecular formula is C12H15FN2O2. The molecule has 1 amide bonds. The summed E-state index contributed by atoms with van der Waals surface area (Å²) in [4.78, 5) is 11.8. The fraction of sp³-hybridized carbons (Fsp3) is 0.417. The van der Waals surface area contributed by atoms with Gasteiger partial charge in [0.1, 0.15) is 5.82 Å². The Labute approximate surface area is 99.2 Å². The molecule has 0 unspecified atom stereocenters. The monoisotopic (exact) mass is 238 g/mol. The van der Waals surface area contributed by atoms with Crippen LogP contribution in [0.1, 0.15) is 12.8 Å². The summed E-state index contributed by atoms with van der Waals surface area (Å²) in [5.74, 6) is -0.509. The number of hydrogen-bond acceptors (Lipinski definition) is 3. The number of nitrogens with zero attached hydrogens (tertiary/aromatic N) is 2. The summed E-state index contributed by atoms with van der Waals surface area (Å²) in [6, 6.07) is 6.22. The normalized spacial score (nSPS) is 16.8. The van der Waals surface area contributed by atoms with Crippen molar-refractivity contribution in [1.29, 1.82) is 0 Å². The highest BCUT2D eigenvalue weighted by Crippen LogP contribution is 2.25.